The number of aldehydes is 1. The minimum atomic E-state index is -0.941. The van der Waals surface area contributed by atoms with Crippen molar-refractivity contribution in [1.29, 1.82) is 0 Å². The lowest BCUT2D eigenvalue weighted by molar-refractivity contribution is 0.112. The van der Waals surface area contributed by atoms with E-state index in [1.807, 2.05) is 36.4 Å². The number of amides is 1. The van der Waals surface area contributed by atoms with Gasteiger partial charge in [0.25, 0.3) is 0 Å². The Balaban J connectivity index is 1.88. The van der Waals surface area contributed by atoms with Crippen LogP contribution in [0.4, 0.5) is 4.79 Å². The number of nitrogens with zero attached hydrogens (tertiary/aromatic N) is 1. The quantitative estimate of drug-likeness (QED) is 0.881. The van der Waals surface area contributed by atoms with Crippen molar-refractivity contribution in [2.24, 2.45) is 0 Å². The highest BCUT2D eigenvalue weighted by molar-refractivity contribution is 5.77. The first-order valence-electron chi connectivity index (χ1n) is 7.43. The summed E-state index contributed by atoms with van der Waals surface area (Å²) in [4.78, 5) is 23.7. The van der Waals surface area contributed by atoms with Crippen molar-refractivity contribution < 1.29 is 19.4 Å². The van der Waals surface area contributed by atoms with Crippen LogP contribution in [0.1, 0.15) is 27.0 Å². The minimum absolute atomic E-state index is 0.286. The third-order valence-corrected chi connectivity index (χ3v) is 3.97. The highest BCUT2D eigenvalue weighted by Gasteiger charge is 2.23. The number of hydrogen-bond donors (Lipinski definition) is 1. The minimum Gasteiger partial charge on any atom is -0.489 e. The smallest absolute Gasteiger partial charge is 0.407 e. The topological polar surface area (TPSA) is 66.8 Å². The molecule has 23 heavy (non-hydrogen) atoms. The number of carbonyl (C=O) groups excluding carboxylic acids is 1. The molecule has 0 unspecified atom stereocenters. The lowest BCUT2D eigenvalue weighted by Crippen LogP contribution is -2.35. The van der Waals surface area contributed by atoms with E-state index >= 15 is 0 Å². The van der Waals surface area contributed by atoms with E-state index in [2.05, 4.69) is 0 Å². The van der Waals surface area contributed by atoms with E-state index in [9.17, 15) is 14.7 Å². The third-order valence-electron chi connectivity index (χ3n) is 3.97. The Morgan fingerprint density at radius 3 is 2.74 bits per heavy atom. The number of hydrogen-bond acceptors (Lipinski definition) is 3. The van der Waals surface area contributed by atoms with Gasteiger partial charge in [-0.1, -0.05) is 30.3 Å². The summed E-state index contributed by atoms with van der Waals surface area (Å²) in [5.41, 5.74) is 3.40. The lowest BCUT2D eigenvalue weighted by Gasteiger charge is -2.28. The number of carboxylic acid groups (broad SMARTS) is 1. The molecule has 0 bridgehead atoms. The van der Waals surface area contributed by atoms with Crippen LogP contribution in [-0.2, 0) is 19.6 Å². The molecule has 0 radical (unpaired) electrons. The maximum absolute atomic E-state index is 11.2. The summed E-state index contributed by atoms with van der Waals surface area (Å²) in [6.45, 7) is 1.10. The first kappa shape index (κ1) is 15.1. The Hall–Kier alpha value is -2.82. The first-order chi connectivity index (χ1) is 11.2. The summed E-state index contributed by atoms with van der Waals surface area (Å²) in [6.07, 6.45) is 0.439. The maximum Gasteiger partial charge on any atom is 0.407 e. The predicted molar refractivity (Wildman–Crippen MR) is 84.7 cm³/mol. The van der Waals surface area contributed by atoms with Gasteiger partial charge in [0.1, 0.15) is 18.6 Å². The molecule has 1 aliphatic heterocycles. The zero-order valence-corrected chi connectivity index (χ0v) is 12.6. The molecule has 0 saturated carbocycles. The van der Waals surface area contributed by atoms with Crippen LogP contribution in [0.3, 0.4) is 0 Å². The van der Waals surface area contributed by atoms with Gasteiger partial charge in [-0.2, -0.15) is 0 Å². The molecule has 5 heteroatoms. The second-order valence-electron chi connectivity index (χ2n) is 5.50. The average Bonchev–Trinajstić information content (AvgIpc) is 2.59. The lowest BCUT2D eigenvalue weighted by atomic mass is 9.96. The Kier molecular flexibility index (Phi) is 4.28. The van der Waals surface area contributed by atoms with E-state index in [1.165, 1.54) is 4.90 Å². The van der Waals surface area contributed by atoms with Crippen molar-refractivity contribution in [1.82, 2.24) is 4.90 Å². The summed E-state index contributed by atoms with van der Waals surface area (Å²) in [7, 11) is 0. The molecular weight excluding hydrogens is 294 g/mol. The standard InChI is InChI=1S/C18H17NO4/c20-11-14-8-15-6-7-19(18(21)22)10-16(15)17(9-14)23-12-13-4-2-1-3-5-13/h1-5,8-9,11H,6-7,10,12H2,(H,21,22). The SMILES string of the molecule is O=Cc1cc2c(c(OCc3ccccc3)c1)CN(C(=O)O)CC2. The highest BCUT2D eigenvalue weighted by Crippen LogP contribution is 2.30. The number of carbonyl (C=O) groups is 2. The Bertz CT molecular complexity index is 727. The van der Waals surface area contributed by atoms with Crippen molar-refractivity contribution in [3.63, 3.8) is 0 Å². The van der Waals surface area contributed by atoms with Gasteiger partial charge in [0, 0.05) is 17.7 Å². The molecule has 0 atom stereocenters. The van der Waals surface area contributed by atoms with Gasteiger partial charge in [0.05, 0.1) is 6.54 Å². The summed E-state index contributed by atoms with van der Waals surface area (Å²) >= 11 is 0. The van der Waals surface area contributed by atoms with Gasteiger partial charge in [-0.05, 0) is 29.7 Å². The van der Waals surface area contributed by atoms with Gasteiger partial charge < -0.3 is 14.7 Å². The number of ether oxygens (including phenoxy) is 1. The fraction of sp³-hybridized carbons (Fsp3) is 0.222. The van der Waals surface area contributed by atoms with Crippen LogP contribution in [0.25, 0.3) is 0 Å². The summed E-state index contributed by atoms with van der Waals surface area (Å²) in [5, 5.41) is 9.19. The van der Waals surface area contributed by atoms with Crippen molar-refractivity contribution in [2.45, 2.75) is 19.6 Å². The van der Waals surface area contributed by atoms with E-state index in [4.69, 9.17) is 4.74 Å². The molecule has 0 aliphatic carbocycles. The Morgan fingerprint density at radius 1 is 1.26 bits per heavy atom. The summed E-state index contributed by atoms with van der Waals surface area (Å²) < 4.78 is 5.88. The molecular formula is C18H17NO4. The van der Waals surface area contributed by atoms with Crippen LogP contribution in [0.2, 0.25) is 0 Å². The van der Waals surface area contributed by atoms with Crippen LogP contribution in [0.5, 0.6) is 5.75 Å². The van der Waals surface area contributed by atoms with Crippen LogP contribution in [-0.4, -0.2) is 28.9 Å². The summed E-state index contributed by atoms with van der Waals surface area (Å²) in [6, 6.07) is 13.2. The fourth-order valence-electron chi connectivity index (χ4n) is 2.75. The second-order valence-corrected chi connectivity index (χ2v) is 5.50. The molecule has 5 nitrogen and oxygen atoms in total. The normalized spacial score (nSPS) is 13.3. The molecule has 2 aromatic carbocycles. The molecule has 0 spiro atoms. The van der Waals surface area contributed by atoms with Crippen LogP contribution >= 0.6 is 0 Å². The van der Waals surface area contributed by atoms with E-state index in [0.29, 0.717) is 30.9 Å². The zero-order chi connectivity index (χ0) is 16.2. The molecule has 1 N–H and O–H groups in total. The molecule has 0 fully saturated rings. The van der Waals surface area contributed by atoms with Gasteiger partial charge in [-0.25, -0.2) is 4.79 Å². The maximum atomic E-state index is 11.2. The van der Waals surface area contributed by atoms with Gasteiger partial charge in [-0.3, -0.25) is 4.79 Å². The monoisotopic (exact) mass is 311 g/mol. The van der Waals surface area contributed by atoms with Crippen molar-refractivity contribution in [2.75, 3.05) is 6.54 Å². The van der Waals surface area contributed by atoms with E-state index in [0.717, 1.165) is 23.0 Å². The average molecular weight is 311 g/mol. The molecule has 0 saturated heterocycles. The van der Waals surface area contributed by atoms with E-state index in [-0.39, 0.29) is 6.54 Å². The van der Waals surface area contributed by atoms with E-state index in [1.54, 1.807) is 6.07 Å². The van der Waals surface area contributed by atoms with Gasteiger partial charge >= 0.3 is 6.09 Å². The molecule has 1 heterocycles. The second kappa shape index (κ2) is 6.52. The van der Waals surface area contributed by atoms with Gasteiger partial charge in [0.15, 0.2) is 0 Å². The van der Waals surface area contributed by atoms with Crippen LogP contribution < -0.4 is 4.74 Å². The zero-order valence-electron chi connectivity index (χ0n) is 12.6. The fourth-order valence-corrected chi connectivity index (χ4v) is 2.75. The van der Waals surface area contributed by atoms with Crippen LogP contribution in [0, 0.1) is 0 Å². The van der Waals surface area contributed by atoms with E-state index < -0.39 is 6.09 Å². The predicted octanol–water partition coefficient (Wildman–Crippen LogP) is 3.11. The van der Waals surface area contributed by atoms with Crippen molar-refractivity contribution in [3.8, 4) is 5.75 Å². The Morgan fingerprint density at radius 2 is 2.04 bits per heavy atom. The van der Waals surface area contributed by atoms with Crippen molar-refractivity contribution >= 4 is 12.4 Å². The molecule has 0 aromatic heterocycles. The molecule has 3 rings (SSSR count). The molecule has 1 amide bonds. The van der Waals surface area contributed by atoms with Gasteiger partial charge in [-0.15, -0.1) is 0 Å². The van der Waals surface area contributed by atoms with Crippen LogP contribution in [0.15, 0.2) is 42.5 Å². The largest absolute Gasteiger partial charge is 0.489 e. The Labute approximate surface area is 134 Å². The third kappa shape index (κ3) is 3.34. The highest BCUT2D eigenvalue weighted by atomic mass is 16.5. The summed E-state index contributed by atoms with van der Waals surface area (Å²) in [5.74, 6) is 0.583. The van der Waals surface area contributed by atoms with Gasteiger partial charge in [0.2, 0.25) is 0 Å². The molecule has 118 valence electrons. The molecule has 1 aliphatic rings. The number of fused-ring (bicyclic) bond motifs is 1. The number of benzene rings is 2. The van der Waals surface area contributed by atoms with Crippen molar-refractivity contribution in [3.05, 3.63) is 64.7 Å². The number of rotatable bonds is 4. The molecule has 2 aromatic rings. The first-order valence-corrected chi connectivity index (χ1v) is 7.43.